The molecule has 268 valence electrons. The highest BCUT2D eigenvalue weighted by atomic mass is 28.3. The van der Waals surface area contributed by atoms with Crippen LogP contribution in [-0.4, -0.2) is 17.2 Å². The lowest BCUT2D eigenvalue weighted by Crippen LogP contribution is -2.74. The first-order valence-electron chi connectivity index (χ1n) is 33.5. The number of nitrogens with zero attached hydrogens (tertiary/aromatic N) is 2. The first kappa shape index (κ1) is 13.8. The highest BCUT2D eigenvalue weighted by Crippen LogP contribution is 2.36. The van der Waals surface area contributed by atoms with Gasteiger partial charge < -0.3 is 9.13 Å². The number of para-hydroxylation sites is 3. The van der Waals surface area contributed by atoms with Crippen molar-refractivity contribution in [3.05, 3.63) is 230 Å². The zero-order valence-corrected chi connectivity index (χ0v) is 29.8. The van der Waals surface area contributed by atoms with Crippen LogP contribution in [-0.2, 0) is 0 Å². The topological polar surface area (TPSA) is 9.86 Å². The maximum atomic E-state index is 10.1. The first-order valence-corrected chi connectivity index (χ1v) is 19.0. The fourth-order valence-electron chi connectivity index (χ4n) is 7.16. The summed E-state index contributed by atoms with van der Waals surface area (Å²) in [5.74, 6) is 0. The van der Waals surface area contributed by atoms with Crippen LogP contribution in [0, 0.1) is 0 Å². The Labute approximate surface area is 379 Å². The zero-order chi connectivity index (χ0) is 66.5. The van der Waals surface area contributed by atoms with Gasteiger partial charge >= 0.3 is 0 Å². The van der Waals surface area contributed by atoms with E-state index in [2.05, 4.69) is 0 Å². The summed E-state index contributed by atoms with van der Waals surface area (Å²) in [6.45, 7) is 0. The van der Waals surface area contributed by atoms with Crippen LogP contribution >= 0.6 is 0 Å². The summed E-state index contributed by atoms with van der Waals surface area (Å²) in [6.07, 6.45) is 0. The molecule has 0 radical (unpaired) electrons. The molecule has 11 rings (SSSR count). The van der Waals surface area contributed by atoms with E-state index in [0.29, 0.717) is 0 Å². The Hall–Kier alpha value is -7.20. The maximum absolute atomic E-state index is 10.1. The minimum atomic E-state index is -5.97. The number of hydrogen-bond donors (Lipinski definition) is 0. The Morgan fingerprint density at radius 3 is 1.46 bits per heavy atom. The van der Waals surface area contributed by atoms with E-state index in [1.54, 1.807) is 0 Å². The molecule has 0 saturated carbocycles. The molecule has 11 aromatic rings. The van der Waals surface area contributed by atoms with Crippen LogP contribution in [0.2, 0.25) is 0 Å². The molecule has 0 bridgehead atoms. The number of rotatable bonds is 7. The van der Waals surface area contributed by atoms with Crippen molar-refractivity contribution in [3.63, 3.8) is 0 Å². The molecular weight excluding hydrogens is 705 g/mol. The Morgan fingerprint density at radius 1 is 0.298 bits per heavy atom. The maximum Gasteiger partial charge on any atom is 0.179 e. The van der Waals surface area contributed by atoms with Crippen LogP contribution in [0.25, 0.3) is 66.1 Å². The molecule has 0 spiro atoms. The van der Waals surface area contributed by atoms with Crippen molar-refractivity contribution in [2.75, 3.05) is 0 Å². The van der Waals surface area contributed by atoms with Gasteiger partial charge in [0.05, 0.1) is 67.3 Å². The van der Waals surface area contributed by atoms with Crippen molar-refractivity contribution in [3.8, 4) is 22.5 Å². The molecule has 2 nitrogen and oxygen atoms in total. The van der Waals surface area contributed by atoms with Crippen LogP contribution < -0.4 is 20.7 Å². The van der Waals surface area contributed by atoms with Crippen molar-refractivity contribution in [1.29, 1.82) is 0 Å². The van der Waals surface area contributed by atoms with Gasteiger partial charge in [-0.05, 0) is 80.3 Å². The molecule has 0 fully saturated rings. The minimum Gasteiger partial charge on any atom is -0.309 e. The molecule has 0 aliphatic rings. The predicted molar refractivity (Wildman–Crippen MR) is 244 cm³/mol. The van der Waals surface area contributed by atoms with E-state index in [0.717, 1.165) is 39.5 Å². The second kappa shape index (κ2) is 13.5. The quantitative estimate of drug-likeness (QED) is 0.113. The van der Waals surface area contributed by atoms with Crippen molar-refractivity contribution in [2.24, 2.45) is 0 Å². The normalized spacial score (nSPS) is 20.0. The number of aromatic nitrogens is 2. The molecule has 57 heavy (non-hydrogen) atoms. The SMILES string of the molecule is [2H]c1cc2c(c([2H])c1[2H])c1c([2H])c([2H])c([2H])c([2H])c1n2-c1c([2H])c([2H])c2c(c1[2H])c1c([2H])c([2H])c([2H])c([2H])c1n2-c1ccc([Si](c2c([2H])c([2H])c([2H])c([2H])c2[2H])(c2c([2H])c([2H])c([2H])c([2H])c2[2H])c2c([2H])c([2H])c([2H])c(-c3c([2H])c([2H])c([2H])c([2H])c3[2H])c2[2H])cc1. The number of hydrogen-bond acceptors (Lipinski definition) is 0. The molecule has 3 heteroatoms. The standard InChI is InChI=1S/C54H38N2Si/c1-4-17-39(18-5-1)40-19-16-24-46(37-40)57(43-20-6-2-7-21-43,44-22-8-3-9-23-44)45-34-31-41(32-35-45)55-53-30-15-12-27-49(53)50-38-42(33-36-54(50)55)56-51-28-13-10-25-47(51)48-26-11-14-29-52(48)56/h1-38H/i1D,2D,3D,4D,5D,6D,7D,8D,9D,10D,11D,12D,13D,14D,15D,16D,17D,18D,19D,20D,21D,22D,23D,24D,25D,26D,27D,28D,30D,33D,36D,37D,38D. The summed E-state index contributed by atoms with van der Waals surface area (Å²) < 4.78 is 303. The average molecular weight is 776 g/mol. The zero-order valence-electron chi connectivity index (χ0n) is 61.8. The van der Waals surface area contributed by atoms with E-state index >= 15 is 0 Å². The van der Waals surface area contributed by atoms with Gasteiger partial charge in [0.1, 0.15) is 0 Å². The Kier molecular flexibility index (Phi) is 3.27. The number of fused-ring (bicyclic) bond motifs is 6. The van der Waals surface area contributed by atoms with Crippen molar-refractivity contribution < 1.29 is 45.2 Å². The lowest BCUT2D eigenvalue weighted by atomic mass is 10.1. The van der Waals surface area contributed by atoms with Crippen LogP contribution in [0.5, 0.6) is 0 Å². The molecule has 0 aliphatic heterocycles. The Morgan fingerprint density at radius 2 is 0.789 bits per heavy atom. The van der Waals surface area contributed by atoms with Gasteiger partial charge in [-0.1, -0.05) is 181 Å². The summed E-state index contributed by atoms with van der Waals surface area (Å²) in [5.41, 5.74) is -4.46. The van der Waals surface area contributed by atoms with E-state index < -0.39 is 272 Å². The minimum absolute atomic E-state index is 0.264. The fourth-order valence-corrected chi connectivity index (χ4v) is 11.0. The van der Waals surface area contributed by atoms with Gasteiger partial charge in [0.15, 0.2) is 8.07 Å². The van der Waals surface area contributed by atoms with E-state index in [1.165, 1.54) is 0 Å². The third-order valence-corrected chi connectivity index (χ3v) is 13.7. The summed E-state index contributed by atoms with van der Waals surface area (Å²) in [7, 11) is -5.97. The van der Waals surface area contributed by atoms with E-state index in [-0.39, 0.29) is 22.0 Å². The summed E-state index contributed by atoms with van der Waals surface area (Å²) in [6, 6.07) is -26.1. The van der Waals surface area contributed by atoms with Crippen LogP contribution in [0.15, 0.2) is 230 Å². The lowest BCUT2D eigenvalue weighted by molar-refractivity contribution is 1.17. The van der Waals surface area contributed by atoms with Crippen molar-refractivity contribution >= 4 is 72.4 Å². The second-order valence-corrected chi connectivity index (χ2v) is 16.0. The molecule has 0 atom stereocenters. The van der Waals surface area contributed by atoms with Crippen molar-refractivity contribution in [2.45, 2.75) is 0 Å². The van der Waals surface area contributed by atoms with Gasteiger partial charge in [-0.15, -0.1) is 0 Å². The smallest absolute Gasteiger partial charge is 0.179 e. The van der Waals surface area contributed by atoms with Gasteiger partial charge in [-0.2, -0.15) is 0 Å². The van der Waals surface area contributed by atoms with Crippen LogP contribution in [0.1, 0.15) is 45.2 Å². The second-order valence-electron chi connectivity index (χ2n) is 12.4. The Balaban J connectivity index is 1.35. The van der Waals surface area contributed by atoms with Crippen molar-refractivity contribution in [1.82, 2.24) is 9.13 Å². The molecule has 2 aromatic heterocycles. The van der Waals surface area contributed by atoms with E-state index in [4.69, 9.17) is 27.4 Å². The predicted octanol–water partition coefficient (Wildman–Crippen LogP) is 10.9. The molecule has 0 unspecified atom stereocenters. The summed E-state index contributed by atoms with van der Waals surface area (Å²) >= 11 is 0. The van der Waals surface area contributed by atoms with Gasteiger partial charge in [0.25, 0.3) is 0 Å². The summed E-state index contributed by atoms with van der Waals surface area (Å²) in [4.78, 5) is 0. The largest absolute Gasteiger partial charge is 0.309 e. The van der Waals surface area contributed by atoms with Crippen LogP contribution in [0.4, 0.5) is 0 Å². The van der Waals surface area contributed by atoms with Gasteiger partial charge in [0, 0.05) is 32.9 Å². The van der Waals surface area contributed by atoms with E-state index in [9.17, 15) is 17.8 Å². The average Bonchev–Trinajstić information content (AvgIpc) is 1.15. The lowest BCUT2D eigenvalue weighted by Gasteiger charge is -2.35. The molecule has 0 amide bonds. The van der Waals surface area contributed by atoms with Gasteiger partial charge in [0.2, 0.25) is 0 Å². The molecule has 2 heterocycles. The highest BCUT2D eigenvalue weighted by Gasteiger charge is 2.41. The van der Waals surface area contributed by atoms with Gasteiger partial charge in [-0.25, -0.2) is 0 Å². The fraction of sp³-hybridized carbons (Fsp3) is 0. The molecule has 0 N–H and O–H groups in total. The first-order chi connectivity index (χ1) is 42.0. The molecule has 9 aromatic carbocycles. The molecule has 0 saturated heterocycles. The molecular formula is C54H38N2Si. The highest BCUT2D eigenvalue weighted by molar-refractivity contribution is 7.19. The summed E-state index contributed by atoms with van der Waals surface area (Å²) in [5, 5.41) is -4.86. The number of benzene rings is 9. The third kappa shape index (κ3) is 5.24. The van der Waals surface area contributed by atoms with Gasteiger partial charge in [-0.3, -0.25) is 0 Å². The third-order valence-electron chi connectivity index (χ3n) is 9.53. The van der Waals surface area contributed by atoms with E-state index in [1.807, 2.05) is 0 Å². The monoisotopic (exact) mass is 775 g/mol. The molecule has 0 aliphatic carbocycles. The Bertz CT molecular complexity index is 5010. The van der Waals surface area contributed by atoms with Crippen LogP contribution in [0.3, 0.4) is 0 Å².